The lowest BCUT2D eigenvalue weighted by molar-refractivity contribution is -0.142. The van der Waals surface area contributed by atoms with Crippen molar-refractivity contribution < 1.29 is 19.1 Å². The van der Waals surface area contributed by atoms with Crippen molar-refractivity contribution in [3.8, 4) is 0 Å². The summed E-state index contributed by atoms with van der Waals surface area (Å²) in [6.07, 6.45) is 1.87. The molecule has 0 atom stereocenters. The van der Waals surface area contributed by atoms with Crippen molar-refractivity contribution in [2.24, 2.45) is 0 Å². The lowest BCUT2D eigenvalue weighted by Crippen LogP contribution is -2.12. The summed E-state index contributed by atoms with van der Waals surface area (Å²) in [4.78, 5) is 21.8. The predicted molar refractivity (Wildman–Crippen MR) is 51.3 cm³/mol. The van der Waals surface area contributed by atoms with Crippen molar-refractivity contribution in [1.29, 1.82) is 0 Å². The highest BCUT2D eigenvalue weighted by Gasteiger charge is 2.08. The quantitative estimate of drug-likeness (QED) is 0.391. The molecule has 0 bridgehead atoms. The second-order valence-corrected chi connectivity index (χ2v) is 2.90. The zero-order valence-electron chi connectivity index (χ0n) is 8.57. The van der Waals surface area contributed by atoms with Crippen LogP contribution in [0.2, 0.25) is 0 Å². The Morgan fingerprint density at radius 2 is 1.93 bits per heavy atom. The van der Waals surface area contributed by atoms with Crippen LogP contribution in [0.1, 0.15) is 20.8 Å². The molecule has 0 radical (unpaired) electrons. The second kappa shape index (κ2) is 5.96. The van der Waals surface area contributed by atoms with Crippen LogP contribution in [0.25, 0.3) is 0 Å². The normalized spacial score (nSPS) is 11.0. The van der Waals surface area contributed by atoms with E-state index in [1.165, 1.54) is 6.92 Å². The molecule has 0 aromatic carbocycles. The van der Waals surface area contributed by atoms with E-state index < -0.39 is 11.9 Å². The molecular weight excluding hydrogens is 184 g/mol. The topological polar surface area (TPSA) is 52.6 Å². The first kappa shape index (κ1) is 12.4. The number of carbonyl (C=O) groups is 2. The Hall–Kier alpha value is -1.58. The molecule has 0 N–H and O–H groups in total. The van der Waals surface area contributed by atoms with Crippen LogP contribution in [-0.2, 0) is 19.1 Å². The fraction of sp³-hybridized carbons (Fsp3) is 0.400. The van der Waals surface area contributed by atoms with Crippen molar-refractivity contribution >= 4 is 11.9 Å². The Morgan fingerprint density at radius 1 is 1.36 bits per heavy atom. The molecule has 0 spiro atoms. The fourth-order valence-electron chi connectivity index (χ4n) is 0.550. The van der Waals surface area contributed by atoms with Crippen molar-refractivity contribution in [2.75, 3.05) is 0 Å². The third-order valence-electron chi connectivity index (χ3n) is 1.18. The van der Waals surface area contributed by atoms with Crippen LogP contribution in [0, 0.1) is 0 Å². The van der Waals surface area contributed by atoms with Crippen molar-refractivity contribution in [1.82, 2.24) is 0 Å². The summed E-state index contributed by atoms with van der Waals surface area (Å²) in [6.45, 7) is 8.19. The standard InChI is InChI=1S/C10H14O4/c1-5-9(11)13-6-8(4)10(12)14-7(2)3/h5-7H,1H2,2-4H3. The molecule has 0 aromatic heterocycles. The van der Waals surface area contributed by atoms with Gasteiger partial charge in [0.1, 0.15) is 6.26 Å². The number of ether oxygens (including phenoxy) is 2. The molecule has 0 unspecified atom stereocenters. The molecule has 0 amide bonds. The summed E-state index contributed by atoms with van der Waals surface area (Å²) in [7, 11) is 0. The molecule has 0 aromatic rings. The van der Waals surface area contributed by atoms with Gasteiger partial charge in [-0.05, 0) is 20.8 Å². The summed E-state index contributed by atoms with van der Waals surface area (Å²) in [5.41, 5.74) is 0.230. The van der Waals surface area contributed by atoms with E-state index >= 15 is 0 Å². The van der Waals surface area contributed by atoms with Crippen LogP contribution in [0.15, 0.2) is 24.5 Å². The van der Waals surface area contributed by atoms with Gasteiger partial charge in [0.25, 0.3) is 0 Å². The summed E-state index contributed by atoms with van der Waals surface area (Å²) in [5.74, 6) is -1.11. The first-order chi connectivity index (χ1) is 6.47. The van der Waals surface area contributed by atoms with Gasteiger partial charge in [0, 0.05) is 6.08 Å². The number of hydrogen-bond donors (Lipinski definition) is 0. The monoisotopic (exact) mass is 198 g/mol. The highest BCUT2D eigenvalue weighted by atomic mass is 16.5. The number of carbonyl (C=O) groups excluding carboxylic acids is 2. The van der Waals surface area contributed by atoms with Gasteiger partial charge >= 0.3 is 11.9 Å². The molecule has 0 fully saturated rings. The van der Waals surface area contributed by atoms with Gasteiger partial charge in [-0.2, -0.15) is 0 Å². The van der Waals surface area contributed by atoms with Crippen LogP contribution in [0.5, 0.6) is 0 Å². The predicted octanol–water partition coefficient (Wildman–Crippen LogP) is 1.57. The lowest BCUT2D eigenvalue weighted by Gasteiger charge is -2.07. The van der Waals surface area contributed by atoms with E-state index in [0.717, 1.165) is 12.3 Å². The molecule has 0 aliphatic heterocycles. The maximum atomic E-state index is 11.1. The molecule has 0 rings (SSSR count). The van der Waals surface area contributed by atoms with Crippen LogP contribution >= 0.6 is 0 Å². The molecular formula is C10H14O4. The molecule has 78 valence electrons. The average Bonchev–Trinajstić information content (AvgIpc) is 2.12. The van der Waals surface area contributed by atoms with Crippen LogP contribution < -0.4 is 0 Å². The maximum Gasteiger partial charge on any atom is 0.337 e. The zero-order chi connectivity index (χ0) is 11.1. The summed E-state index contributed by atoms with van der Waals surface area (Å²) >= 11 is 0. The smallest absolute Gasteiger partial charge is 0.337 e. The SMILES string of the molecule is C=CC(=O)OC=C(C)C(=O)OC(C)C. The van der Waals surface area contributed by atoms with E-state index in [2.05, 4.69) is 11.3 Å². The fourth-order valence-corrected chi connectivity index (χ4v) is 0.550. The molecule has 0 saturated heterocycles. The Bertz CT molecular complexity index is 263. The van der Waals surface area contributed by atoms with E-state index in [1.54, 1.807) is 13.8 Å². The summed E-state index contributed by atoms with van der Waals surface area (Å²) in [6, 6.07) is 0. The third kappa shape index (κ3) is 5.13. The van der Waals surface area contributed by atoms with E-state index in [4.69, 9.17) is 4.74 Å². The molecule has 14 heavy (non-hydrogen) atoms. The number of hydrogen-bond acceptors (Lipinski definition) is 4. The Balaban J connectivity index is 4.17. The van der Waals surface area contributed by atoms with Gasteiger partial charge in [0.05, 0.1) is 11.7 Å². The van der Waals surface area contributed by atoms with Crippen molar-refractivity contribution in [3.63, 3.8) is 0 Å². The molecule has 0 saturated carbocycles. The lowest BCUT2D eigenvalue weighted by atomic mass is 10.3. The molecule has 4 nitrogen and oxygen atoms in total. The van der Waals surface area contributed by atoms with Gasteiger partial charge in [0.2, 0.25) is 0 Å². The first-order valence-corrected chi connectivity index (χ1v) is 4.18. The number of rotatable bonds is 4. The van der Waals surface area contributed by atoms with Gasteiger partial charge in [-0.3, -0.25) is 0 Å². The number of esters is 2. The molecule has 0 heterocycles. The van der Waals surface area contributed by atoms with Gasteiger partial charge in [-0.1, -0.05) is 6.58 Å². The Morgan fingerprint density at radius 3 is 2.36 bits per heavy atom. The first-order valence-electron chi connectivity index (χ1n) is 4.18. The summed E-state index contributed by atoms with van der Waals surface area (Å²) < 4.78 is 9.39. The highest BCUT2D eigenvalue weighted by Crippen LogP contribution is 2.00. The van der Waals surface area contributed by atoms with Crippen LogP contribution in [0.3, 0.4) is 0 Å². The minimum absolute atomic E-state index is 0.194. The molecule has 0 aliphatic rings. The van der Waals surface area contributed by atoms with Gasteiger partial charge in [-0.15, -0.1) is 0 Å². The Labute approximate surface area is 83.2 Å². The van der Waals surface area contributed by atoms with E-state index in [9.17, 15) is 9.59 Å². The Kier molecular flexibility index (Phi) is 5.29. The van der Waals surface area contributed by atoms with Crippen LogP contribution in [-0.4, -0.2) is 18.0 Å². The van der Waals surface area contributed by atoms with E-state index in [-0.39, 0.29) is 11.7 Å². The maximum absolute atomic E-state index is 11.1. The van der Waals surface area contributed by atoms with Gasteiger partial charge in [0.15, 0.2) is 0 Å². The molecule has 4 heteroatoms. The van der Waals surface area contributed by atoms with Gasteiger partial charge < -0.3 is 9.47 Å². The summed E-state index contributed by atoms with van der Waals surface area (Å²) in [5, 5.41) is 0. The van der Waals surface area contributed by atoms with Gasteiger partial charge in [-0.25, -0.2) is 9.59 Å². The van der Waals surface area contributed by atoms with E-state index in [1.807, 2.05) is 0 Å². The van der Waals surface area contributed by atoms with Crippen molar-refractivity contribution in [2.45, 2.75) is 26.9 Å². The average molecular weight is 198 g/mol. The largest absolute Gasteiger partial charge is 0.460 e. The minimum Gasteiger partial charge on any atom is -0.460 e. The van der Waals surface area contributed by atoms with E-state index in [0.29, 0.717) is 0 Å². The third-order valence-corrected chi connectivity index (χ3v) is 1.18. The highest BCUT2D eigenvalue weighted by molar-refractivity contribution is 5.88. The van der Waals surface area contributed by atoms with Crippen molar-refractivity contribution in [3.05, 3.63) is 24.5 Å². The second-order valence-electron chi connectivity index (χ2n) is 2.90. The molecule has 0 aliphatic carbocycles. The minimum atomic E-state index is -0.610. The zero-order valence-corrected chi connectivity index (χ0v) is 8.57. The van der Waals surface area contributed by atoms with Crippen LogP contribution in [0.4, 0.5) is 0 Å².